The lowest BCUT2D eigenvalue weighted by molar-refractivity contribution is -0.178. The van der Waals surface area contributed by atoms with E-state index in [1.807, 2.05) is 13.1 Å². The van der Waals surface area contributed by atoms with Crippen LogP contribution in [0.1, 0.15) is 36.0 Å². The van der Waals surface area contributed by atoms with Crippen molar-refractivity contribution in [3.8, 4) is 0 Å². The van der Waals surface area contributed by atoms with E-state index in [1.54, 1.807) is 6.07 Å². The van der Waals surface area contributed by atoms with Gasteiger partial charge in [0.1, 0.15) is 5.82 Å². The van der Waals surface area contributed by atoms with Crippen molar-refractivity contribution in [2.75, 3.05) is 25.2 Å². The number of ether oxygens (including phenoxy) is 2. The fraction of sp³-hybridized carbons (Fsp3) is 0.600. The van der Waals surface area contributed by atoms with Gasteiger partial charge in [-0.2, -0.15) is 0 Å². The van der Waals surface area contributed by atoms with Gasteiger partial charge in [0, 0.05) is 32.1 Å². The molecule has 2 aliphatic rings. The second kappa shape index (κ2) is 5.61. The van der Waals surface area contributed by atoms with Crippen LogP contribution in [0.4, 0.5) is 5.82 Å². The molecule has 1 aromatic heterocycles. The summed E-state index contributed by atoms with van der Waals surface area (Å²) in [5.41, 5.74) is 5.66. The van der Waals surface area contributed by atoms with Crippen LogP contribution in [0.15, 0.2) is 18.3 Å². The highest BCUT2D eigenvalue weighted by Crippen LogP contribution is 2.37. The van der Waals surface area contributed by atoms with Gasteiger partial charge in [-0.15, -0.1) is 0 Å². The standard InChI is InChI=1S/C15H21N3O3/c1-18(13-3-2-11(10-17-13)14(16)19)12-4-6-15(7-5-12)20-8-9-21-15/h2-3,10,12H,4-9H2,1H3,(H2,16,19). The van der Waals surface area contributed by atoms with Crippen LogP contribution < -0.4 is 10.6 Å². The van der Waals surface area contributed by atoms with Crippen LogP contribution in [-0.2, 0) is 9.47 Å². The Hall–Kier alpha value is -1.66. The molecule has 1 aromatic rings. The molecular formula is C15H21N3O3. The minimum atomic E-state index is -0.452. The maximum Gasteiger partial charge on any atom is 0.250 e. The van der Waals surface area contributed by atoms with Crippen LogP contribution >= 0.6 is 0 Å². The van der Waals surface area contributed by atoms with Gasteiger partial charge in [0.05, 0.1) is 18.8 Å². The van der Waals surface area contributed by atoms with Crippen LogP contribution in [0.3, 0.4) is 0 Å². The molecule has 1 saturated carbocycles. The smallest absolute Gasteiger partial charge is 0.250 e. The predicted octanol–water partition coefficient (Wildman–Crippen LogP) is 1.30. The Morgan fingerprint density at radius 3 is 2.52 bits per heavy atom. The van der Waals surface area contributed by atoms with Gasteiger partial charge in [-0.05, 0) is 25.0 Å². The zero-order valence-corrected chi connectivity index (χ0v) is 12.2. The van der Waals surface area contributed by atoms with Crippen LogP contribution in [0, 0.1) is 0 Å². The molecule has 1 aliphatic carbocycles. The monoisotopic (exact) mass is 291 g/mol. The average Bonchev–Trinajstić information content (AvgIpc) is 2.96. The quantitative estimate of drug-likeness (QED) is 0.908. The average molecular weight is 291 g/mol. The summed E-state index contributed by atoms with van der Waals surface area (Å²) in [6.45, 7) is 1.41. The van der Waals surface area contributed by atoms with Crippen LogP contribution in [0.2, 0.25) is 0 Å². The number of rotatable bonds is 3. The second-order valence-electron chi connectivity index (χ2n) is 5.72. The Morgan fingerprint density at radius 2 is 2.00 bits per heavy atom. The number of aromatic nitrogens is 1. The van der Waals surface area contributed by atoms with Crippen molar-refractivity contribution in [3.63, 3.8) is 0 Å². The number of carbonyl (C=O) groups excluding carboxylic acids is 1. The fourth-order valence-corrected chi connectivity index (χ4v) is 3.14. The van der Waals surface area contributed by atoms with E-state index in [0.29, 0.717) is 24.8 Å². The number of hydrogen-bond donors (Lipinski definition) is 1. The van der Waals surface area contributed by atoms with Crippen molar-refractivity contribution in [1.82, 2.24) is 4.98 Å². The van der Waals surface area contributed by atoms with Crippen molar-refractivity contribution in [3.05, 3.63) is 23.9 Å². The van der Waals surface area contributed by atoms with Gasteiger partial charge in [0.25, 0.3) is 0 Å². The number of nitrogens with two attached hydrogens (primary N) is 1. The normalized spacial score (nSPS) is 21.6. The Bertz CT molecular complexity index is 501. The molecule has 114 valence electrons. The van der Waals surface area contributed by atoms with Crippen molar-refractivity contribution >= 4 is 11.7 Å². The summed E-state index contributed by atoms with van der Waals surface area (Å²) in [6.07, 6.45) is 5.38. The number of hydrogen-bond acceptors (Lipinski definition) is 5. The summed E-state index contributed by atoms with van der Waals surface area (Å²) in [4.78, 5) is 17.6. The number of primary amides is 1. The minimum absolute atomic E-state index is 0.333. The van der Waals surface area contributed by atoms with Crippen molar-refractivity contribution in [2.45, 2.75) is 37.5 Å². The van der Waals surface area contributed by atoms with Gasteiger partial charge >= 0.3 is 0 Å². The first-order chi connectivity index (χ1) is 10.1. The number of pyridine rings is 1. The molecule has 6 nitrogen and oxygen atoms in total. The molecule has 0 unspecified atom stereocenters. The predicted molar refractivity (Wildman–Crippen MR) is 78.0 cm³/mol. The van der Waals surface area contributed by atoms with E-state index < -0.39 is 5.91 Å². The van der Waals surface area contributed by atoms with Gasteiger partial charge in [-0.1, -0.05) is 0 Å². The first-order valence-corrected chi connectivity index (χ1v) is 7.36. The SMILES string of the molecule is CN(c1ccc(C(N)=O)cn1)C1CCC2(CC1)OCCO2. The fourth-order valence-electron chi connectivity index (χ4n) is 3.14. The number of nitrogens with zero attached hydrogens (tertiary/aromatic N) is 2. The van der Waals surface area contributed by atoms with E-state index in [1.165, 1.54) is 6.20 Å². The largest absolute Gasteiger partial charge is 0.366 e. The van der Waals surface area contributed by atoms with E-state index in [4.69, 9.17) is 15.2 Å². The molecule has 21 heavy (non-hydrogen) atoms. The maximum absolute atomic E-state index is 11.1. The van der Waals surface area contributed by atoms with E-state index >= 15 is 0 Å². The van der Waals surface area contributed by atoms with Gasteiger partial charge in [-0.3, -0.25) is 4.79 Å². The van der Waals surface area contributed by atoms with Crippen molar-refractivity contribution in [2.24, 2.45) is 5.73 Å². The number of carbonyl (C=O) groups is 1. The van der Waals surface area contributed by atoms with Crippen LogP contribution in [0.25, 0.3) is 0 Å². The summed E-state index contributed by atoms with van der Waals surface area (Å²) in [5.74, 6) is 0.0710. The lowest BCUT2D eigenvalue weighted by Crippen LogP contribution is -2.43. The Kier molecular flexibility index (Phi) is 3.82. The van der Waals surface area contributed by atoms with Gasteiger partial charge in [0.15, 0.2) is 5.79 Å². The highest BCUT2D eigenvalue weighted by molar-refractivity contribution is 5.92. The van der Waals surface area contributed by atoms with Crippen LogP contribution in [0.5, 0.6) is 0 Å². The van der Waals surface area contributed by atoms with Gasteiger partial charge in [-0.25, -0.2) is 4.98 Å². The lowest BCUT2D eigenvalue weighted by atomic mass is 9.89. The Morgan fingerprint density at radius 1 is 1.33 bits per heavy atom. The molecule has 0 aromatic carbocycles. The zero-order chi connectivity index (χ0) is 14.9. The van der Waals surface area contributed by atoms with Gasteiger partial charge in [0.2, 0.25) is 5.91 Å². The summed E-state index contributed by atoms with van der Waals surface area (Å²) in [6, 6.07) is 3.97. The van der Waals surface area contributed by atoms with Crippen LogP contribution in [-0.4, -0.2) is 43.0 Å². The third-order valence-corrected chi connectivity index (χ3v) is 4.47. The molecule has 0 atom stereocenters. The summed E-state index contributed by atoms with van der Waals surface area (Å²) in [5, 5.41) is 0. The number of amides is 1. The molecule has 1 saturated heterocycles. The molecule has 6 heteroatoms. The van der Waals surface area contributed by atoms with Crippen molar-refractivity contribution in [1.29, 1.82) is 0 Å². The molecule has 2 heterocycles. The van der Waals surface area contributed by atoms with Gasteiger partial charge < -0.3 is 20.1 Å². The molecule has 1 aliphatic heterocycles. The first-order valence-electron chi connectivity index (χ1n) is 7.36. The topological polar surface area (TPSA) is 77.7 Å². The molecule has 3 rings (SSSR count). The maximum atomic E-state index is 11.1. The minimum Gasteiger partial charge on any atom is -0.366 e. The second-order valence-corrected chi connectivity index (χ2v) is 5.72. The summed E-state index contributed by atoms with van der Waals surface area (Å²) in [7, 11) is 2.03. The third-order valence-electron chi connectivity index (χ3n) is 4.47. The summed E-state index contributed by atoms with van der Waals surface area (Å²) >= 11 is 0. The molecule has 0 radical (unpaired) electrons. The van der Waals surface area contributed by atoms with E-state index in [2.05, 4.69) is 9.88 Å². The molecule has 2 fully saturated rings. The highest BCUT2D eigenvalue weighted by Gasteiger charge is 2.41. The molecular weight excluding hydrogens is 270 g/mol. The first kappa shape index (κ1) is 14.3. The Balaban J connectivity index is 1.63. The molecule has 2 N–H and O–H groups in total. The molecule has 1 amide bonds. The molecule has 0 bridgehead atoms. The lowest BCUT2D eigenvalue weighted by Gasteiger charge is -2.39. The molecule has 1 spiro atoms. The zero-order valence-electron chi connectivity index (χ0n) is 12.2. The highest BCUT2D eigenvalue weighted by atomic mass is 16.7. The summed E-state index contributed by atoms with van der Waals surface area (Å²) < 4.78 is 11.5. The van der Waals surface area contributed by atoms with Crippen molar-refractivity contribution < 1.29 is 14.3 Å². The number of anilines is 1. The van der Waals surface area contributed by atoms with E-state index in [-0.39, 0.29) is 5.79 Å². The van der Waals surface area contributed by atoms with E-state index in [9.17, 15) is 4.79 Å². The van der Waals surface area contributed by atoms with E-state index in [0.717, 1.165) is 31.5 Å². The third kappa shape index (κ3) is 2.87. The Labute approximate surface area is 124 Å².